The number of benzene rings is 2. The van der Waals surface area contributed by atoms with Crippen molar-refractivity contribution in [2.24, 2.45) is 5.92 Å². The summed E-state index contributed by atoms with van der Waals surface area (Å²) in [6.07, 6.45) is 1.83. The Morgan fingerprint density at radius 1 is 0.969 bits per heavy atom. The topological polar surface area (TPSA) is 73.0 Å². The molecule has 0 bridgehead atoms. The van der Waals surface area contributed by atoms with Gasteiger partial charge in [-0.15, -0.1) is 0 Å². The summed E-state index contributed by atoms with van der Waals surface area (Å²) in [7, 11) is 0. The van der Waals surface area contributed by atoms with E-state index in [2.05, 4.69) is 10.2 Å². The van der Waals surface area contributed by atoms with Gasteiger partial charge in [0, 0.05) is 45.2 Å². The molecule has 32 heavy (non-hydrogen) atoms. The molecule has 0 atom stereocenters. The van der Waals surface area contributed by atoms with Gasteiger partial charge in [0.15, 0.2) is 0 Å². The lowest BCUT2D eigenvalue weighted by atomic mass is 10.0. The lowest BCUT2D eigenvalue weighted by molar-refractivity contribution is -0.132. The summed E-state index contributed by atoms with van der Waals surface area (Å²) in [5, 5.41) is 4.97. The number of hydrogen-bond acceptors (Lipinski definition) is 4. The average Bonchev–Trinajstić information content (AvgIpc) is 3.65. The van der Waals surface area contributed by atoms with Crippen LogP contribution in [0, 0.1) is 5.92 Å². The zero-order valence-electron chi connectivity index (χ0n) is 19.0. The highest BCUT2D eigenvalue weighted by Gasteiger charge is 2.31. The number of anilines is 1. The van der Waals surface area contributed by atoms with E-state index in [1.54, 1.807) is 0 Å². The molecule has 1 saturated carbocycles. The van der Waals surface area contributed by atoms with E-state index in [1.165, 1.54) is 0 Å². The molecule has 2 fully saturated rings. The van der Waals surface area contributed by atoms with E-state index in [9.17, 15) is 14.4 Å². The van der Waals surface area contributed by atoms with Crippen molar-refractivity contribution in [3.05, 3.63) is 42.0 Å². The van der Waals surface area contributed by atoms with Gasteiger partial charge < -0.3 is 15.1 Å². The monoisotopic (exact) mass is 436 g/mol. The fraction of sp³-hybridized carbons (Fsp3) is 0.480. The highest BCUT2D eigenvalue weighted by atomic mass is 16.2. The van der Waals surface area contributed by atoms with Crippen molar-refractivity contribution in [3.8, 4) is 0 Å². The van der Waals surface area contributed by atoms with Gasteiger partial charge in [-0.3, -0.25) is 19.3 Å². The number of nitrogens with one attached hydrogen (secondary N) is 1. The lowest BCUT2D eigenvalue weighted by Crippen LogP contribution is -2.51. The Kier molecular flexibility index (Phi) is 6.74. The maximum absolute atomic E-state index is 13.4. The third-order valence-corrected chi connectivity index (χ3v) is 6.46. The molecule has 1 saturated heterocycles. The van der Waals surface area contributed by atoms with Crippen LogP contribution in [0.25, 0.3) is 10.8 Å². The van der Waals surface area contributed by atoms with Crippen molar-refractivity contribution in [2.45, 2.75) is 26.7 Å². The summed E-state index contributed by atoms with van der Waals surface area (Å²) >= 11 is 0. The molecular formula is C25H32N4O3. The van der Waals surface area contributed by atoms with E-state index in [0.717, 1.165) is 23.6 Å². The molecule has 170 valence electrons. The smallest absolute Gasteiger partial charge is 0.256 e. The second-order valence-electron chi connectivity index (χ2n) is 8.64. The molecule has 1 aliphatic carbocycles. The quantitative estimate of drug-likeness (QED) is 0.725. The second-order valence-corrected chi connectivity index (χ2v) is 8.64. The van der Waals surface area contributed by atoms with Crippen molar-refractivity contribution < 1.29 is 14.4 Å². The van der Waals surface area contributed by atoms with E-state index >= 15 is 0 Å². The fourth-order valence-electron chi connectivity index (χ4n) is 4.25. The van der Waals surface area contributed by atoms with Crippen LogP contribution in [0.1, 0.15) is 37.0 Å². The van der Waals surface area contributed by atoms with Gasteiger partial charge in [0.2, 0.25) is 11.8 Å². The van der Waals surface area contributed by atoms with E-state index in [-0.39, 0.29) is 23.6 Å². The summed E-state index contributed by atoms with van der Waals surface area (Å²) in [5.74, 6) is 0.122. The molecule has 0 unspecified atom stereocenters. The molecule has 4 rings (SSSR count). The van der Waals surface area contributed by atoms with E-state index < -0.39 is 0 Å². The van der Waals surface area contributed by atoms with Crippen molar-refractivity contribution >= 4 is 34.2 Å². The number of hydrogen-bond donors (Lipinski definition) is 1. The Balaban J connectivity index is 1.47. The normalized spacial score (nSPS) is 16.8. The molecule has 1 heterocycles. The average molecular weight is 437 g/mol. The van der Waals surface area contributed by atoms with E-state index in [4.69, 9.17) is 0 Å². The van der Waals surface area contributed by atoms with Crippen LogP contribution in [0.3, 0.4) is 0 Å². The first-order valence-electron chi connectivity index (χ1n) is 11.6. The number of carbonyl (C=O) groups excluding carboxylic acids is 3. The Bertz CT molecular complexity index is 1010. The third kappa shape index (κ3) is 4.93. The highest BCUT2D eigenvalue weighted by molar-refractivity contribution is 6.08. The van der Waals surface area contributed by atoms with Gasteiger partial charge >= 0.3 is 0 Å². The molecule has 0 aromatic heterocycles. The summed E-state index contributed by atoms with van der Waals surface area (Å²) < 4.78 is 0. The van der Waals surface area contributed by atoms with Gasteiger partial charge in [-0.1, -0.05) is 24.3 Å². The molecule has 2 aromatic rings. The SMILES string of the molecule is CCN(CC)C(=O)CN1CCN(C(=O)c2cc3ccccc3cc2NC(=O)C2CC2)CC1. The largest absolute Gasteiger partial charge is 0.342 e. The third-order valence-electron chi connectivity index (χ3n) is 6.46. The van der Waals surface area contributed by atoms with Crippen LogP contribution < -0.4 is 5.32 Å². The number of rotatable bonds is 7. The molecule has 1 N–H and O–H groups in total. The zero-order valence-corrected chi connectivity index (χ0v) is 19.0. The Hall–Kier alpha value is -2.93. The van der Waals surface area contributed by atoms with E-state index in [1.807, 2.05) is 60.0 Å². The second kappa shape index (κ2) is 9.69. The number of piperazine rings is 1. The minimum atomic E-state index is -0.0726. The maximum Gasteiger partial charge on any atom is 0.256 e. The Morgan fingerprint density at radius 3 is 2.19 bits per heavy atom. The van der Waals surface area contributed by atoms with Gasteiger partial charge in [-0.2, -0.15) is 0 Å². The Labute approximate surface area is 189 Å². The summed E-state index contributed by atoms with van der Waals surface area (Å²) in [6.45, 7) is 8.24. The summed E-state index contributed by atoms with van der Waals surface area (Å²) in [4.78, 5) is 44.1. The van der Waals surface area contributed by atoms with Gasteiger partial charge in [-0.25, -0.2) is 0 Å². The molecule has 1 aliphatic heterocycles. The van der Waals surface area contributed by atoms with Crippen LogP contribution in [-0.4, -0.2) is 78.2 Å². The maximum atomic E-state index is 13.4. The van der Waals surface area contributed by atoms with Crippen LogP contribution in [0.15, 0.2) is 36.4 Å². The van der Waals surface area contributed by atoms with Gasteiger partial charge in [-0.05, 0) is 49.6 Å². The minimum Gasteiger partial charge on any atom is -0.342 e. The zero-order chi connectivity index (χ0) is 22.7. The molecule has 2 aliphatic rings. The number of amides is 3. The number of nitrogens with zero attached hydrogens (tertiary/aromatic N) is 3. The number of likely N-dealkylation sites (N-methyl/N-ethyl adjacent to an activating group) is 1. The van der Waals surface area contributed by atoms with Crippen molar-refractivity contribution in [2.75, 3.05) is 51.1 Å². The van der Waals surface area contributed by atoms with Crippen LogP contribution >= 0.6 is 0 Å². The first kappa shape index (κ1) is 22.3. The van der Waals surface area contributed by atoms with Gasteiger partial charge in [0.05, 0.1) is 17.8 Å². The van der Waals surface area contributed by atoms with Crippen LogP contribution in [-0.2, 0) is 9.59 Å². The summed E-state index contributed by atoms with van der Waals surface area (Å²) in [5.41, 5.74) is 1.12. The minimum absolute atomic E-state index is 0.00550. The van der Waals surface area contributed by atoms with E-state index in [0.29, 0.717) is 57.1 Å². The van der Waals surface area contributed by atoms with Crippen molar-refractivity contribution in [1.82, 2.24) is 14.7 Å². The first-order valence-corrected chi connectivity index (χ1v) is 11.6. The molecule has 7 nitrogen and oxygen atoms in total. The molecular weight excluding hydrogens is 404 g/mol. The van der Waals surface area contributed by atoms with Crippen molar-refractivity contribution in [1.29, 1.82) is 0 Å². The molecule has 3 amide bonds. The predicted molar refractivity (Wildman–Crippen MR) is 126 cm³/mol. The molecule has 7 heteroatoms. The van der Waals surface area contributed by atoms with Crippen molar-refractivity contribution in [3.63, 3.8) is 0 Å². The lowest BCUT2D eigenvalue weighted by Gasteiger charge is -2.35. The molecule has 2 aromatic carbocycles. The number of carbonyl (C=O) groups is 3. The molecule has 0 spiro atoms. The predicted octanol–water partition coefficient (Wildman–Crippen LogP) is 2.81. The molecule has 0 radical (unpaired) electrons. The highest BCUT2D eigenvalue weighted by Crippen LogP contribution is 2.32. The van der Waals surface area contributed by atoms with Gasteiger partial charge in [0.1, 0.15) is 0 Å². The first-order chi connectivity index (χ1) is 15.5. The number of fused-ring (bicyclic) bond motifs is 1. The van der Waals surface area contributed by atoms with Crippen LogP contribution in [0.5, 0.6) is 0 Å². The van der Waals surface area contributed by atoms with Crippen LogP contribution in [0.4, 0.5) is 5.69 Å². The van der Waals surface area contributed by atoms with Crippen LogP contribution in [0.2, 0.25) is 0 Å². The van der Waals surface area contributed by atoms with Gasteiger partial charge in [0.25, 0.3) is 5.91 Å². The Morgan fingerprint density at radius 2 is 1.59 bits per heavy atom. The fourth-order valence-corrected chi connectivity index (χ4v) is 4.25. The standard InChI is InChI=1S/C25H32N4O3/c1-3-28(4-2)23(30)17-27-11-13-29(14-12-27)25(32)21-15-19-7-5-6-8-20(19)16-22(21)26-24(31)18-9-10-18/h5-8,15-16,18H,3-4,9-14,17H2,1-2H3,(H,26,31). The summed E-state index contributed by atoms with van der Waals surface area (Å²) in [6, 6.07) is 11.7.